The number of carbonyl (C=O) groups excluding carboxylic acids is 2. The van der Waals surface area contributed by atoms with Crippen molar-refractivity contribution in [1.82, 2.24) is 4.90 Å². The molecule has 0 radical (unpaired) electrons. The first-order valence-corrected chi connectivity index (χ1v) is 9.79. The second-order valence-electron chi connectivity index (χ2n) is 6.75. The molecule has 0 saturated carbocycles. The van der Waals surface area contributed by atoms with E-state index in [1.807, 2.05) is 32.0 Å². The molecule has 0 unspecified atom stereocenters. The summed E-state index contributed by atoms with van der Waals surface area (Å²) in [6, 6.07) is 11.7. The van der Waals surface area contributed by atoms with Crippen LogP contribution in [0.1, 0.15) is 24.5 Å². The number of nitrogens with zero attached hydrogens (tertiary/aromatic N) is 1. The molecule has 0 fully saturated rings. The van der Waals surface area contributed by atoms with Gasteiger partial charge >= 0.3 is 6.61 Å². The summed E-state index contributed by atoms with van der Waals surface area (Å²) in [4.78, 5) is 26.5. The van der Waals surface area contributed by atoms with Crippen LogP contribution in [0.15, 0.2) is 48.5 Å². The fraction of sp³-hybridized carbons (Fsp3) is 0.304. The molecule has 0 aliphatic rings. The van der Waals surface area contributed by atoms with E-state index < -0.39 is 6.61 Å². The molecule has 31 heavy (non-hydrogen) atoms. The Bertz CT molecular complexity index is 932. The first-order valence-electron chi connectivity index (χ1n) is 9.79. The van der Waals surface area contributed by atoms with Crippen LogP contribution in [0.4, 0.5) is 14.5 Å². The molecule has 0 saturated heterocycles. The predicted octanol–water partition coefficient (Wildman–Crippen LogP) is 4.50. The first kappa shape index (κ1) is 23.9. The number of alkyl halides is 2. The molecule has 6 nitrogen and oxygen atoms in total. The topological polar surface area (TPSA) is 67.9 Å². The van der Waals surface area contributed by atoms with Crippen LogP contribution in [0.5, 0.6) is 11.5 Å². The summed E-state index contributed by atoms with van der Waals surface area (Å²) in [6.45, 7) is 1.16. The highest BCUT2D eigenvalue weighted by molar-refractivity contribution is 5.98. The largest absolute Gasteiger partial charge is 0.493 e. The van der Waals surface area contributed by atoms with Gasteiger partial charge in [-0.05, 0) is 48.7 Å². The number of ether oxygens (including phenoxy) is 2. The Balaban J connectivity index is 2.06. The Morgan fingerprint density at radius 3 is 2.55 bits per heavy atom. The highest BCUT2D eigenvalue weighted by Crippen LogP contribution is 2.29. The van der Waals surface area contributed by atoms with Crippen LogP contribution in [-0.2, 0) is 9.59 Å². The van der Waals surface area contributed by atoms with Crippen molar-refractivity contribution in [2.75, 3.05) is 25.5 Å². The number of anilines is 1. The van der Waals surface area contributed by atoms with E-state index >= 15 is 0 Å². The summed E-state index contributed by atoms with van der Waals surface area (Å²) in [7, 11) is 1.34. The fourth-order valence-corrected chi connectivity index (χ4v) is 2.87. The Morgan fingerprint density at radius 2 is 1.90 bits per heavy atom. The summed E-state index contributed by atoms with van der Waals surface area (Å²) < 4.78 is 34.3. The summed E-state index contributed by atoms with van der Waals surface area (Å²) >= 11 is 0. The average Bonchev–Trinajstić information content (AvgIpc) is 2.73. The van der Waals surface area contributed by atoms with Crippen LogP contribution in [0.25, 0.3) is 6.08 Å². The average molecular weight is 432 g/mol. The molecule has 0 heterocycles. The van der Waals surface area contributed by atoms with Crippen molar-refractivity contribution in [1.29, 1.82) is 0 Å². The van der Waals surface area contributed by atoms with Crippen molar-refractivity contribution in [2.45, 2.75) is 26.9 Å². The van der Waals surface area contributed by atoms with E-state index in [0.717, 1.165) is 5.56 Å². The van der Waals surface area contributed by atoms with Crippen LogP contribution in [0.2, 0.25) is 0 Å². The lowest BCUT2D eigenvalue weighted by atomic mass is 10.2. The summed E-state index contributed by atoms with van der Waals surface area (Å²) in [6.07, 6.45) is 3.54. The van der Waals surface area contributed by atoms with Crippen LogP contribution in [0, 0.1) is 6.92 Å². The lowest BCUT2D eigenvalue weighted by Gasteiger charge is -2.20. The molecule has 2 rings (SSSR count). The molecular weight excluding hydrogens is 406 g/mol. The monoisotopic (exact) mass is 432 g/mol. The predicted molar refractivity (Wildman–Crippen MR) is 115 cm³/mol. The summed E-state index contributed by atoms with van der Waals surface area (Å²) in [5, 5.41) is 2.82. The van der Waals surface area contributed by atoms with E-state index in [-0.39, 0.29) is 29.9 Å². The van der Waals surface area contributed by atoms with Crippen molar-refractivity contribution in [3.63, 3.8) is 0 Å². The zero-order chi connectivity index (χ0) is 22.8. The minimum Gasteiger partial charge on any atom is -0.493 e. The van der Waals surface area contributed by atoms with Gasteiger partial charge in [0.15, 0.2) is 11.5 Å². The Kier molecular flexibility index (Phi) is 8.99. The molecule has 166 valence electrons. The lowest BCUT2D eigenvalue weighted by Crippen LogP contribution is -2.37. The van der Waals surface area contributed by atoms with Gasteiger partial charge in [-0.1, -0.05) is 31.2 Å². The molecule has 0 atom stereocenters. The maximum absolute atomic E-state index is 12.6. The molecule has 2 aromatic rings. The van der Waals surface area contributed by atoms with Gasteiger partial charge in [-0.15, -0.1) is 0 Å². The van der Waals surface area contributed by atoms with Gasteiger partial charge in [0.2, 0.25) is 11.8 Å². The number of nitrogens with one attached hydrogen (secondary N) is 1. The number of carbonyl (C=O) groups is 2. The number of benzene rings is 2. The third-order valence-corrected chi connectivity index (χ3v) is 4.38. The van der Waals surface area contributed by atoms with Crippen LogP contribution < -0.4 is 14.8 Å². The quantitative estimate of drug-likeness (QED) is 0.562. The molecule has 0 aliphatic heterocycles. The third kappa shape index (κ3) is 7.40. The SMILES string of the molecule is CCCN(CC(=O)Nc1ccccc1C)C(=O)/C=C/c1ccc(OC(F)F)c(OC)c1. The standard InChI is InChI=1S/C23H26F2N2O4/c1-4-13-27(15-21(28)26-18-8-6-5-7-16(18)2)22(29)12-10-17-9-11-19(31-23(24)25)20(14-17)30-3/h5-12,14,23H,4,13,15H2,1-3H3,(H,26,28)/b12-10+. The molecular formula is C23H26F2N2O4. The van der Waals surface area contributed by atoms with E-state index in [2.05, 4.69) is 10.1 Å². The van der Waals surface area contributed by atoms with E-state index in [9.17, 15) is 18.4 Å². The maximum Gasteiger partial charge on any atom is 0.387 e. The fourth-order valence-electron chi connectivity index (χ4n) is 2.87. The van der Waals surface area contributed by atoms with Crippen LogP contribution >= 0.6 is 0 Å². The Labute approximate surface area is 180 Å². The zero-order valence-corrected chi connectivity index (χ0v) is 17.7. The van der Waals surface area contributed by atoms with Crippen LogP contribution in [-0.4, -0.2) is 43.5 Å². The molecule has 0 aliphatic carbocycles. The molecule has 0 bridgehead atoms. The number of methoxy groups -OCH3 is 1. The van der Waals surface area contributed by atoms with E-state index in [0.29, 0.717) is 24.2 Å². The molecule has 0 spiro atoms. The van der Waals surface area contributed by atoms with Gasteiger partial charge in [0.25, 0.3) is 0 Å². The van der Waals surface area contributed by atoms with E-state index in [1.165, 1.54) is 42.4 Å². The second-order valence-corrected chi connectivity index (χ2v) is 6.75. The van der Waals surface area contributed by atoms with Crippen molar-refractivity contribution in [3.8, 4) is 11.5 Å². The van der Waals surface area contributed by atoms with Crippen molar-refractivity contribution >= 4 is 23.6 Å². The van der Waals surface area contributed by atoms with Crippen molar-refractivity contribution in [3.05, 3.63) is 59.7 Å². The van der Waals surface area contributed by atoms with Crippen molar-refractivity contribution in [2.24, 2.45) is 0 Å². The number of hydrogen-bond acceptors (Lipinski definition) is 4. The molecule has 0 aromatic heterocycles. The lowest BCUT2D eigenvalue weighted by molar-refractivity contribution is -0.130. The smallest absolute Gasteiger partial charge is 0.387 e. The van der Waals surface area contributed by atoms with Crippen LogP contribution in [0.3, 0.4) is 0 Å². The minimum absolute atomic E-state index is 0.0875. The third-order valence-electron chi connectivity index (χ3n) is 4.38. The number of halogens is 2. The number of rotatable bonds is 10. The normalized spacial score (nSPS) is 10.9. The molecule has 8 heteroatoms. The van der Waals surface area contributed by atoms with Gasteiger partial charge in [-0.2, -0.15) is 8.78 Å². The maximum atomic E-state index is 12.6. The van der Waals surface area contributed by atoms with Gasteiger partial charge in [0.1, 0.15) is 6.54 Å². The number of hydrogen-bond donors (Lipinski definition) is 1. The second kappa shape index (κ2) is 11.7. The van der Waals surface area contributed by atoms with Gasteiger partial charge in [0, 0.05) is 18.3 Å². The van der Waals surface area contributed by atoms with Gasteiger partial charge < -0.3 is 19.7 Å². The van der Waals surface area contributed by atoms with Gasteiger partial charge in [0.05, 0.1) is 7.11 Å². The number of amides is 2. The Morgan fingerprint density at radius 1 is 1.16 bits per heavy atom. The van der Waals surface area contributed by atoms with Gasteiger partial charge in [-0.25, -0.2) is 0 Å². The molecule has 2 amide bonds. The highest BCUT2D eigenvalue weighted by Gasteiger charge is 2.15. The number of para-hydroxylation sites is 1. The summed E-state index contributed by atoms with van der Waals surface area (Å²) in [5.74, 6) is -0.604. The highest BCUT2D eigenvalue weighted by atomic mass is 19.3. The molecule has 1 N–H and O–H groups in total. The molecule has 2 aromatic carbocycles. The van der Waals surface area contributed by atoms with E-state index in [1.54, 1.807) is 6.07 Å². The number of aryl methyl sites for hydroxylation is 1. The van der Waals surface area contributed by atoms with Gasteiger partial charge in [-0.3, -0.25) is 9.59 Å². The zero-order valence-electron chi connectivity index (χ0n) is 17.7. The van der Waals surface area contributed by atoms with Crippen molar-refractivity contribution < 1.29 is 27.8 Å². The minimum atomic E-state index is -2.97. The summed E-state index contributed by atoms with van der Waals surface area (Å²) in [5.41, 5.74) is 2.19. The van der Waals surface area contributed by atoms with E-state index in [4.69, 9.17) is 4.74 Å². The first-order chi connectivity index (χ1) is 14.8. The Hall–Kier alpha value is -3.42.